The van der Waals surface area contributed by atoms with Crippen molar-refractivity contribution in [1.29, 1.82) is 0 Å². The fourth-order valence-electron chi connectivity index (χ4n) is 7.30. The second-order valence-electron chi connectivity index (χ2n) is 13.4. The van der Waals surface area contributed by atoms with Gasteiger partial charge in [-0.2, -0.15) is 0 Å². The number of aryl methyl sites for hydroxylation is 2. The molecule has 2 aliphatic rings. The maximum absolute atomic E-state index is 13.6. The van der Waals surface area contributed by atoms with Gasteiger partial charge in [-0.1, -0.05) is 68.0 Å². The molecule has 2 amide bonds. The van der Waals surface area contributed by atoms with Gasteiger partial charge in [-0.3, -0.25) is 14.4 Å². The molecule has 1 aliphatic heterocycles. The number of para-hydroxylation sites is 1. The molecule has 1 saturated heterocycles. The number of carbonyl (C=O) groups excluding carboxylic acids is 2. The Morgan fingerprint density at radius 1 is 0.872 bits per heavy atom. The van der Waals surface area contributed by atoms with Gasteiger partial charge in [-0.05, 0) is 93.8 Å². The first-order chi connectivity index (χ1) is 22.9. The van der Waals surface area contributed by atoms with E-state index < -0.39 is 5.97 Å². The van der Waals surface area contributed by atoms with Gasteiger partial charge in [0.1, 0.15) is 0 Å². The molecule has 252 valence electrons. The van der Waals surface area contributed by atoms with Gasteiger partial charge in [0.15, 0.2) is 5.76 Å². The fraction of sp³-hybridized carbons (Fsp3) is 0.513. The minimum absolute atomic E-state index is 0.0545. The van der Waals surface area contributed by atoms with Crippen molar-refractivity contribution < 1.29 is 23.9 Å². The Morgan fingerprint density at radius 3 is 2.32 bits per heavy atom. The van der Waals surface area contributed by atoms with Crippen LogP contribution in [0, 0.1) is 12.8 Å². The lowest BCUT2D eigenvalue weighted by molar-refractivity contribution is -0.137. The van der Waals surface area contributed by atoms with Crippen LogP contribution in [0.15, 0.2) is 71.3 Å². The fourth-order valence-corrected chi connectivity index (χ4v) is 7.30. The predicted molar refractivity (Wildman–Crippen MR) is 186 cm³/mol. The van der Waals surface area contributed by atoms with E-state index in [4.69, 9.17) is 4.42 Å². The van der Waals surface area contributed by atoms with Crippen LogP contribution in [0.1, 0.15) is 98.7 Å². The molecule has 8 nitrogen and oxygen atoms in total. The standard InChI is InChI=1S/C39H51N3O5/c1-30-17-20-33(21-18-30)42(39(46)36-15-9-29-47-36)34-23-27-40(28-24-34)25-7-13-32-12-5-6-14-35(32)41(26-8-16-38(44)45)37(43)22-19-31-10-3-2-4-11-31/h5-6,9,12,14-15,17-18,20-21,29,31,34H,2-4,7-8,10-11,13,16,19,22-28H2,1H3,(H,44,45). The summed E-state index contributed by atoms with van der Waals surface area (Å²) >= 11 is 0. The van der Waals surface area contributed by atoms with E-state index in [9.17, 15) is 19.5 Å². The Hall–Kier alpha value is -3.91. The quantitative estimate of drug-likeness (QED) is 0.181. The average Bonchev–Trinajstić information content (AvgIpc) is 3.64. The van der Waals surface area contributed by atoms with Gasteiger partial charge in [-0.25, -0.2) is 0 Å². The summed E-state index contributed by atoms with van der Waals surface area (Å²) in [6.45, 7) is 5.22. The third-order valence-corrected chi connectivity index (χ3v) is 9.95. The van der Waals surface area contributed by atoms with Crippen molar-refractivity contribution in [3.05, 3.63) is 83.8 Å². The molecule has 2 heterocycles. The van der Waals surface area contributed by atoms with E-state index in [2.05, 4.69) is 11.0 Å². The Kier molecular flexibility index (Phi) is 12.7. The highest BCUT2D eigenvalue weighted by Crippen LogP contribution is 2.30. The number of hydrogen-bond acceptors (Lipinski definition) is 5. The summed E-state index contributed by atoms with van der Waals surface area (Å²) in [6.07, 6.45) is 13.3. The van der Waals surface area contributed by atoms with Crippen molar-refractivity contribution in [2.45, 2.75) is 96.4 Å². The van der Waals surface area contributed by atoms with E-state index in [1.54, 1.807) is 18.4 Å². The zero-order valence-electron chi connectivity index (χ0n) is 27.9. The number of anilines is 2. The molecule has 8 heteroatoms. The number of hydrogen-bond donors (Lipinski definition) is 1. The van der Waals surface area contributed by atoms with Gasteiger partial charge < -0.3 is 24.2 Å². The number of furan rings is 1. The normalized spacial score (nSPS) is 16.2. The van der Waals surface area contributed by atoms with E-state index in [0.717, 1.165) is 74.2 Å². The Labute approximate surface area is 279 Å². The summed E-state index contributed by atoms with van der Waals surface area (Å²) in [4.78, 5) is 44.6. The van der Waals surface area contributed by atoms with E-state index in [1.165, 1.54) is 32.1 Å². The summed E-state index contributed by atoms with van der Waals surface area (Å²) in [5, 5.41) is 9.26. The lowest BCUT2D eigenvalue weighted by Gasteiger charge is -2.38. The molecular weight excluding hydrogens is 590 g/mol. The van der Waals surface area contributed by atoms with Crippen LogP contribution >= 0.6 is 0 Å². The topological polar surface area (TPSA) is 94.3 Å². The molecule has 0 atom stereocenters. The number of amides is 2. The van der Waals surface area contributed by atoms with Crippen LogP contribution in [0.4, 0.5) is 11.4 Å². The third-order valence-electron chi connectivity index (χ3n) is 9.95. The van der Waals surface area contributed by atoms with Crippen LogP contribution in [-0.2, 0) is 16.0 Å². The van der Waals surface area contributed by atoms with Crippen molar-refractivity contribution in [3.8, 4) is 0 Å². The smallest absolute Gasteiger partial charge is 0.303 e. The molecule has 2 aromatic carbocycles. The van der Waals surface area contributed by atoms with E-state index >= 15 is 0 Å². The predicted octanol–water partition coefficient (Wildman–Crippen LogP) is 7.89. The zero-order chi connectivity index (χ0) is 33.0. The molecule has 47 heavy (non-hydrogen) atoms. The maximum atomic E-state index is 13.6. The maximum Gasteiger partial charge on any atom is 0.303 e. The Morgan fingerprint density at radius 2 is 1.62 bits per heavy atom. The number of rotatable bonds is 15. The van der Waals surface area contributed by atoms with E-state index in [0.29, 0.717) is 31.1 Å². The monoisotopic (exact) mass is 641 g/mol. The van der Waals surface area contributed by atoms with Crippen molar-refractivity contribution in [2.75, 3.05) is 36.0 Å². The van der Waals surface area contributed by atoms with Crippen molar-refractivity contribution >= 4 is 29.2 Å². The van der Waals surface area contributed by atoms with E-state index in [-0.39, 0.29) is 24.3 Å². The number of carboxylic acids is 1. The van der Waals surface area contributed by atoms with Gasteiger partial charge >= 0.3 is 5.97 Å². The number of carbonyl (C=O) groups is 3. The molecule has 0 radical (unpaired) electrons. The van der Waals surface area contributed by atoms with Gasteiger partial charge in [0.2, 0.25) is 5.91 Å². The average molecular weight is 642 g/mol. The SMILES string of the molecule is Cc1ccc(N(C(=O)c2ccco2)C2CCN(CCCc3ccccc3N(CCCC(=O)O)C(=O)CCC3CCCCC3)CC2)cc1. The molecule has 0 bridgehead atoms. The minimum atomic E-state index is -0.830. The second-order valence-corrected chi connectivity index (χ2v) is 13.4. The van der Waals surface area contributed by atoms with E-state index in [1.807, 2.05) is 59.2 Å². The van der Waals surface area contributed by atoms with Crippen LogP contribution in [-0.4, -0.2) is 60.0 Å². The third kappa shape index (κ3) is 9.80. The largest absolute Gasteiger partial charge is 0.481 e. The molecule has 1 aromatic heterocycles. The van der Waals surface area contributed by atoms with Gasteiger partial charge in [0.05, 0.1) is 6.26 Å². The van der Waals surface area contributed by atoms with Crippen LogP contribution in [0.25, 0.3) is 0 Å². The first-order valence-corrected chi connectivity index (χ1v) is 17.6. The number of carboxylic acid groups (broad SMARTS) is 1. The lowest BCUT2D eigenvalue weighted by Crippen LogP contribution is -2.47. The highest BCUT2D eigenvalue weighted by atomic mass is 16.4. The minimum Gasteiger partial charge on any atom is -0.481 e. The van der Waals surface area contributed by atoms with Gasteiger partial charge in [0, 0.05) is 49.9 Å². The van der Waals surface area contributed by atoms with Crippen molar-refractivity contribution in [2.24, 2.45) is 5.92 Å². The van der Waals surface area contributed by atoms with Crippen LogP contribution in [0.5, 0.6) is 0 Å². The van der Waals surface area contributed by atoms with Crippen LogP contribution < -0.4 is 9.80 Å². The first kappa shape index (κ1) is 34.4. The molecule has 1 aliphatic carbocycles. The first-order valence-electron chi connectivity index (χ1n) is 17.6. The number of benzene rings is 2. The van der Waals surface area contributed by atoms with Gasteiger partial charge in [0.25, 0.3) is 5.91 Å². The van der Waals surface area contributed by atoms with Gasteiger partial charge in [-0.15, -0.1) is 0 Å². The highest BCUT2D eigenvalue weighted by Gasteiger charge is 2.31. The summed E-state index contributed by atoms with van der Waals surface area (Å²) in [6, 6.07) is 19.8. The molecule has 0 spiro atoms. The number of nitrogens with zero attached hydrogens (tertiary/aromatic N) is 3. The molecule has 3 aromatic rings. The molecule has 5 rings (SSSR count). The highest BCUT2D eigenvalue weighted by molar-refractivity contribution is 6.04. The Bertz CT molecular complexity index is 1420. The molecule has 0 unspecified atom stereocenters. The van der Waals surface area contributed by atoms with Crippen molar-refractivity contribution in [1.82, 2.24) is 4.90 Å². The van der Waals surface area contributed by atoms with Crippen molar-refractivity contribution in [3.63, 3.8) is 0 Å². The lowest BCUT2D eigenvalue weighted by atomic mass is 9.86. The Balaban J connectivity index is 1.18. The molecule has 1 N–H and O–H groups in total. The number of likely N-dealkylation sites (tertiary alicyclic amines) is 1. The van der Waals surface area contributed by atoms with Crippen LogP contribution in [0.2, 0.25) is 0 Å². The number of piperidine rings is 1. The molecule has 1 saturated carbocycles. The number of aliphatic carboxylic acids is 1. The summed E-state index contributed by atoms with van der Waals surface area (Å²) in [5.41, 5.74) is 4.12. The molecular formula is C39H51N3O5. The second kappa shape index (κ2) is 17.3. The summed E-state index contributed by atoms with van der Waals surface area (Å²) < 4.78 is 5.49. The summed E-state index contributed by atoms with van der Waals surface area (Å²) in [7, 11) is 0. The zero-order valence-corrected chi connectivity index (χ0v) is 27.9. The molecule has 2 fully saturated rings. The van der Waals surface area contributed by atoms with Crippen LogP contribution in [0.3, 0.4) is 0 Å². The summed E-state index contributed by atoms with van der Waals surface area (Å²) in [5.74, 6) is 0.160.